The number of rotatable bonds is 2. The monoisotopic (exact) mass is 278 g/mol. The smallest absolute Gasteiger partial charge is 0.129 e. The first kappa shape index (κ1) is 14.7. The molecule has 1 saturated heterocycles. The van der Waals surface area contributed by atoms with Gasteiger partial charge in [-0.2, -0.15) is 0 Å². The standard InChI is InChI=1S/C12H16ClFN2.ClH/c1-9-7-15-5-6-16(9)8-10-11(13)3-2-4-12(10)14;/h2-4,9,15H,5-8H2,1H3;1H. The van der Waals surface area contributed by atoms with Gasteiger partial charge in [0.05, 0.1) is 0 Å². The second-order valence-electron chi connectivity index (χ2n) is 4.22. The van der Waals surface area contributed by atoms with Crippen LogP contribution in [0.25, 0.3) is 0 Å². The Morgan fingerprint density at radius 3 is 2.94 bits per heavy atom. The van der Waals surface area contributed by atoms with Crippen molar-refractivity contribution >= 4 is 24.0 Å². The molecule has 2 nitrogen and oxygen atoms in total. The quantitative estimate of drug-likeness (QED) is 0.895. The highest BCUT2D eigenvalue weighted by Crippen LogP contribution is 2.21. The van der Waals surface area contributed by atoms with Gasteiger partial charge in [-0.3, -0.25) is 4.90 Å². The molecule has 1 fully saturated rings. The van der Waals surface area contributed by atoms with E-state index in [4.69, 9.17) is 11.6 Å². The van der Waals surface area contributed by atoms with Gasteiger partial charge in [0.1, 0.15) is 5.82 Å². The molecule has 0 spiro atoms. The fourth-order valence-corrected chi connectivity index (χ4v) is 2.23. The minimum absolute atomic E-state index is 0. The summed E-state index contributed by atoms with van der Waals surface area (Å²) in [5.41, 5.74) is 0.609. The second kappa shape index (κ2) is 6.55. The Labute approximate surface area is 113 Å². The van der Waals surface area contributed by atoms with E-state index in [9.17, 15) is 4.39 Å². The molecule has 0 saturated carbocycles. The number of halogens is 3. The number of hydrogen-bond donors (Lipinski definition) is 1. The lowest BCUT2D eigenvalue weighted by molar-refractivity contribution is 0.164. The topological polar surface area (TPSA) is 15.3 Å². The van der Waals surface area contributed by atoms with E-state index >= 15 is 0 Å². The molecule has 17 heavy (non-hydrogen) atoms. The van der Waals surface area contributed by atoms with E-state index in [-0.39, 0.29) is 18.2 Å². The van der Waals surface area contributed by atoms with Crippen LogP contribution in [0.3, 0.4) is 0 Å². The first-order valence-corrected chi connectivity index (χ1v) is 5.94. The van der Waals surface area contributed by atoms with Crippen LogP contribution >= 0.6 is 24.0 Å². The van der Waals surface area contributed by atoms with Gasteiger partial charge in [-0.25, -0.2) is 4.39 Å². The van der Waals surface area contributed by atoms with Crippen LogP contribution in [0.4, 0.5) is 4.39 Å². The molecule has 1 heterocycles. The summed E-state index contributed by atoms with van der Waals surface area (Å²) in [6.07, 6.45) is 0. The summed E-state index contributed by atoms with van der Waals surface area (Å²) in [6, 6.07) is 5.27. The zero-order valence-corrected chi connectivity index (χ0v) is 11.3. The van der Waals surface area contributed by atoms with E-state index in [1.54, 1.807) is 12.1 Å². The molecule has 0 aromatic heterocycles. The van der Waals surface area contributed by atoms with Crippen LogP contribution in [0.15, 0.2) is 18.2 Å². The zero-order chi connectivity index (χ0) is 11.5. The van der Waals surface area contributed by atoms with Crippen LogP contribution in [0.1, 0.15) is 12.5 Å². The zero-order valence-electron chi connectivity index (χ0n) is 9.75. The molecule has 2 rings (SSSR count). The van der Waals surface area contributed by atoms with Crippen molar-refractivity contribution in [1.29, 1.82) is 0 Å². The molecule has 96 valence electrons. The maximum atomic E-state index is 13.6. The Bertz CT molecular complexity index is 353. The summed E-state index contributed by atoms with van der Waals surface area (Å²) in [6.45, 7) is 5.57. The fraction of sp³-hybridized carbons (Fsp3) is 0.500. The minimum Gasteiger partial charge on any atom is -0.314 e. The highest BCUT2D eigenvalue weighted by molar-refractivity contribution is 6.31. The Morgan fingerprint density at radius 1 is 1.53 bits per heavy atom. The molecule has 1 atom stereocenters. The predicted molar refractivity (Wildman–Crippen MR) is 71.4 cm³/mol. The van der Waals surface area contributed by atoms with Gasteiger partial charge < -0.3 is 5.32 Å². The van der Waals surface area contributed by atoms with E-state index in [0.717, 1.165) is 19.6 Å². The summed E-state index contributed by atoms with van der Waals surface area (Å²) in [5.74, 6) is -0.210. The molecule has 1 aromatic rings. The molecule has 0 amide bonds. The molecule has 5 heteroatoms. The Hall–Kier alpha value is -0.350. The highest BCUT2D eigenvalue weighted by atomic mass is 35.5. The van der Waals surface area contributed by atoms with Crippen molar-refractivity contribution in [2.75, 3.05) is 19.6 Å². The molecule has 1 aliphatic heterocycles. The summed E-state index contributed by atoms with van der Waals surface area (Å²) in [4.78, 5) is 2.25. The SMILES string of the molecule is CC1CNCCN1Cc1c(F)cccc1Cl.Cl. The van der Waals surface area contributed by atoms with Crippen LogP contribution < -0.4 is 5.32 Å². The van der Waals surface area contributed by atoms with E-state index in [0.29, 0.717) is 23.2 Å². The Morgan fingerprint density at radius 2 is 2.29 bits per heavy atom. The van der Waals surface area contributed by atoms with Gasteiger partial charge in [0.2, 0.25) is 0 Å². The number of nitrogens with zero attached hydrogens (tertiary/aromatic N) is 1. The Balaban J connectivity index is 0.00000144. The summed E-state index contributed by atoms with van der Waals surface area (Å²) >= 11 is 6.01. The average Bonchev–Trinajstić information content (AvgIpc) is 2.26. The van der Waals surface area contributed by atoms with Crippen molar-refractivity contribution in [3.05, 3.63) is 34.6 Å². The second-order valence-corrected chi connectivity index (χ2v) is 4.63. The van der Waals surface area contributed by atoms with Crippen molar-refractivity contribution in [3.63, 3.8) is 0 Å². The fourth-order valence-electron chi connectivity index (χ4n) is 2.00. The molecule has 1 N–H and O–H groups in total. The van der Waals surface area contributed by atoms with Crippen LogP contribution in [0, 0.1) is 5.82 Å². The van der Waals surface area contributed by atoms with Crippen LogP contribution in [-0.2, 0) is 6.54 Å². The van der Waals surface area contributed by atoms with E-state index in [2.05, 4.69) is 17.1 Å². The number of piperazine rings is 1. The molecule has 1 aromatic carbocycles. The summed E-state index contributed by atoms with van der Waals surface area (Å²) in [7, 11) is 0. The summed E-state index contributed by atoms with van der Waals surface area (Å²) < 4.78 is 13.6. The van der Waals surface area contributed by atoms with Crippen LogP contribution in [-0.4, -0.2) is 30.6 Å². The Kier molecular flexibility index (Phi) is 5.67. The van der Waals surface area contributed by atoms with Gasteiger partial charge in [-0.05, 0) is 19.1 Å². The normalized spacial score (nSPS) is 21.0. The van der Waals surface area contributed by atoms with Crippen molar-refractivity contribution in [1.82, 2.24) is 10.2 Å². The number of hydrogen-bond acceptors (Lipinski definition) is 2. The molecular weight excluding hydrogens is 262 g/mol. The van der Waals surface area contributed by atoms with Crippen LogP contribution in [0.2, 0.25) is 5.02 Å². The van der Waals surface area contributed by atoms with Gasteiger partial charge in [0.15, 0.2) is 0 Å². The lowest BCUT2D eigenvalue weighted by atomic mass is 10.1. The van der Waals surface area contributed by atoms with Crippen molar-refractivity contribution in [2.45, 2.75) is 19.5 Å². The average molecular weight is 279 g/mol. The van der Waals surface area contributed by atoms with Gasteiger partial charge in [0.25, 0.3) is 0 Å². The van der Waals surface area contributed by atoms with Crippen molar-refractivity contribution < 1.29 is 4.39 Å². The molecule has 1 aliphatic rings. The predicted octanol–water partition coefficient (Wildman–Crippen LogP) is 2.69. The third-order valence-electron chi connectivity index (χ3n) is 3.06. The molecule has 0 bridgehead atoms. The molecule has 0 aliphatic carbocycles. The first-order valence-electron chi connectivity index (χ1n) is 5.56. The first-order chi connectivity index (χ1) is 7.68. The van der Waals surface area contributed by atoms with Gasteiger partial charge in [0, 0.05) is 42.8 Å². The minimum atomic E-state index is -0.210. The van der Waals surface area contributed by atoms with Crippen molar-refractivity contribution in [3.8, 4) is 0 Å². The third-order valence-corrected chi connectivity index (χ3v) is 3.42. The maximum absolute atomic E-state index is 13.6. The summed E-state index contributed by atoms with van der Waals surface area (Å²) in [5, 5.41) is 3.83. The van der Waals surface area contributed by atoms with Gasteiger partial charge >= 0.3 is 0 Å². The van der Waals surface area contributed by atoms with E-state index < -0.39 is 0 Å². The lowest BCUT2D eigenvalue weighted by Gasteiger charge is -2.34. The largest absolute Gasteiger partial charge is 0.314 e. The van der Waals surface area contributed by atoms with Crippen LogP contribution in [0.5, 0.6) is 0 Å². The number of nitrogens with one attached hydrogen (secondary N) is 1. The number of benzene rings is 1. The van der Waals surface area contributed by atoms with Crippen molar-refractivity contribution in [2.24, 2.45) is 0 Å². The molecular formula is C12H17Cl2FN2. The van der Waals surface area contributed by atoms with E-state index in [1.165, 1.54) is 6.07 Å². The lowest BCUT2D eigenvalue weighted by Crippen LogP contribution is -2.49. The third kappa shape index (κ3) is 3.55. The van der Waals surface area contributed by atoms with Gasteiger partial charge in [-0.1, -0.05) is 17.7 Å². The maximum Gasteiger partial charge on any atom is 0.129 e. The van der Waals surface area contributed by atoms with E-state index in [1.807, 2.05) is 0 Å². The highest BCUT2D eigenvalue weighted by Gasteiger charge is 2.20. The van der Waals surface area contributed by atoms with Gasteiger partial charge in [-0.15, -0.1) is 12.4 Å². The molecule has 1 unspecified atom stereocenters. The molecule has 0 radical (unpaired) electrons.